The van der Waals surface area contributed by atoms with Gasteiger partial charge in [-0.2, -0.15) is 0 Å². The van der Waals surface area contributed by atoms with Crippen molar-refractivity contribution in [1.29, 1.82) is 0 Å². The first-order valence-electron chi connectivity index (χ1n) is 7.13. The van der Waals surface area contributed by atoms with Gasteiger partial charge in [0.1, 0.15) is 0 Å². The van der Waals surface area contributed by atoms with E-state index in [1.165, 1.54) is 13.8 Å². The Kier molecular flexibility index (Phi) is 5.28. The molecule has 1 aliphatic heterocycles. The van der Waals surface area contributed by atoms with E-state index in [9.17, 15) is 14.4 Å². The smallest absolute Gasteiger partial charge is 0.350 e. The van der Waals surface area contributed by atoms with Gasteiger partial charge in [-0.3, -0.25) is 0 Å². The summed E-state index contributed by atoms with van der Waals surface area (Å²) >= 11 is 3.28. The fourth-order valence-corrected chi connectivity index (χ4v) is 2.31. The van der Waals surface area contributed by atoms with Gasteiger partial charge in [0.2, 0.25) is 0 Å². The molecule has 0 aliphatic carbocycles. The molecule has 0 saturated carbocycles. The summed E-state index contributed by atoms with van der Waals surface area (Å²) in [6.45, 7) is 4.83. The number of cyclic esters (lactones) is 2. The SMILES string of the molecule is CCOC(=O)c1cc(Br)ccc1NC=C1C(=O)OC(C)(C)OC1=O. The van der Waals surface area contributed by atoms with Crippen LogP contribution >= 0.6 is 15.9 Å². The van der Waals surface area contributed by atoms with E-state index in [1.54, 1.807) is 25.1 Å². The van der Waals surface area contributed by atoms with E-state index in [0.29, 0.717) is 10.2 Å². The predicted octanol–water partition coefficient (Wildman–Crippen LogP) is 2.76. The molecule has 24 heavy (non-hydrogen) atoms. The van der Waals surface area contributed by atoms with Crippen molar-refractivity contribution in [2.24, 2.45) is 0 Å². The molecule has 1 aliphatic rings. The molecule has 7 nitrogen and oxygen atoms in total. The number of carbonyl (C=O) groups excluding carboxylic acids is 3. The zero-order valence-electron chi connectivity index (χ0n) is 13.3. The quantitative estimate of drug-likeness (QED) is 0.474. The van der Waals surface area contributed by atoms with Crippen LogP contribution in [0.2, 0.25) is 0 Å². The van der Waals surface area contributed by atoms with Gasteiger partial charge in [-0.1, -0.05) is 15.9 Å². The van der Waals surface area contributed by atoms with Gasteiger partial charge in [0, 0.05) is 24.5 Å². The Hall–Kier alpha value is -2.35. The Morgan fingerprint density at radius 1 is 1.29 bits per heavy atom. The predicted molar refractivity (Wildman–Crippen MR) is 88.1 cm³/mol. The molecule has 0 unspecified atom stereocenters. The van der Waals surface area contributed by atoms with E-state index in [1.807, 2.05) is 0 Å². The second kappa shape index (κ2) is 7.04. The normalized spacial score (nSPS) is 16.1. The minimum absolute atomic E-state index is 0.222. The van der Waals surface area contributed by atoms with Crippen LogP contribution in [0.25, 0.3) is 0 Å². The van der Waals surface area contributed by atoms with Crippen LogP contribution in [0.15, 0.2) is 34.4 Å². The average molecular weight is 398 g/mol. The van der Waals surface area contributed by atoms with Gasteiger partial charge in [0.15, 0.2) is 5.57 Å². The lowest BCUT2D eigenvalue weighted by Crippen LogP contribution is -2.42. The molecule has 1 heterocycles. The molecule has 0 bridgehead atoms. The molecule has 1 fully saturated rings. The van der Waals surface area contributed by atoms with Crippen LogP contribution in [0.3, 0.4) is 0 Å². The van der Waals surface area contributed by atoms with Crippen molar-refractivity contribution in [3.05, 3.63) is 40.0 Å². The van der Waals surface area contributed by atoms with Crippen molar-refractivity contribution in [1.82, 2.24) is 0 Å². The molecule has 0 amide bonds. The summed E-state index contributed by atoms with van der Waals surface area (Å²) in [7, 11) is 0. The maximum Gasteiger partial charge on any atom is 0.350 e. The van der Waals surface area contributed by atoms with Gasteiger partial charge >= 0.3 is 17.9 Å². The second-order valence-electron chi connectivity index (χ2n) is 5.29. The van der Waals surface area contributed by atoms with E-state index in [2.05, 4.69) is 21.2 Å². The molecule has 0 radical (unpaired) electrons. The van der Waals surface area contributed by atoms with Crippen molar-refractivity contribution in [2.45, 2.75) is 26.6 Å². The van der Waals surface area contributed by atoms with E-state index in [-0.39, 0.29) is 17.7 Å². The topological polar surface area (TPSA) is 90.9 Å². The summed E-state index contributed by atoms with van der Waals surface area (Å²) in [4.78, 5) is 35.8. The Morgan fingerprint density at radius 3 is 2.50 bits per heavy atom. The molecule has 0 spiro atoms. The number of hydrogen-bond donors (Lipinski definition) is 1. The maximum atomic E-state index is 12.0. The number of halogens is 1. The van der Waals surface area contributed by atoms with Gasteiger partial charge in [-0.05, 0) is 25.1 Å². The van der Waals surface area contributed by atoms with Crippen molar-refractivity contribution in [3.8, 4) is 0 Å². The number of ether oxygens (including phenoxy) is 3. The third kappa shape index (κ3) is 4.14. The zero-order chi connectivity index (χ0) is 17.9. The molecule has 1 saturated heterocycles. The first kappa shape index (κ1) is 18.0. The van der Waals surface area contributed by atoms with Crippen molar-refractivity contribution < 1.29 is 28.6 Å². The molecule has 2 rings (SSSR count). The highest BCUT2D eigenvalue weighted by atomic mass is 79.9. The van der Waals surface area contributed by atoms with E-state index >= 15 is 0 Å². The highest BCUT2D eigenvalue weighted by molar-refractivity contribution is 9.10. The second-order valence-corrected chi connectivity index (χ2v) is 6.21. The molecule has 1 aromatic rings. The first-order chi connectivity index (χ1) is 11.2. The van der Waals surface area contributed by atoms with Crippen LogP contribution in [0.1, 0.15) is 31.1 Å². The number of anilines is 1. The lowest BCUT2D eigenvalue weighted by atomic mass is 10.1. The van der Waals surface area contributed by atoms with E-state index < -0.39 is 23.7 Å². The minimum Gasteiger partial charge on any atom is -0.462 e. The zero-order valence-corrected chi connectivity index (χ0v) is 14.9. The van der Waals surface area contributed by atoms with Crippen molar-refractivity contribution >= 4 is 39.5 Å². The fraction of sp³-hybridized carbons (Fsp3) is 0.312. The standard InChI is InChI=1S/C16H16BrNO6/c1-4-22-13(19)10-7-9(17)5-6-12(10)18-8-11-14(20)23-16(2,3)24-15(11)21/h5-8,18H,4H2,1-3H3. The number of esters is 3. The number of carbonyl (C=O) groups is 3. The summed E-state index contributed by atoms with van der Waals surface area (Å²) < 4.78 is 15.6. The monoisotopic (exact) mass is 397 g/mol. The molecule has 0 aromatic heterocycles. The molecule has 8 heteroatoms. The summed E-state index contributed by atoms with van der Waals surface area (Å²) in [5.41, 5.74) is 0.322. The Labute approximate surface area is 147 Å². The lowest BCUT2D eigenvalue weighted by Gasteiger charge is -2.29. The van der Waals surface area contributed by atoms with E-state index in [4.69, 9.17) is 14.2 Å². The van der Waals surface area contributed by atoms with E-state index in [0.717, 1.165) is 6.20 Å². The summed E-state index contributed by atoms with van der Waals surface area (Å²) in [6, 6.07) is 4.88. The molecule has 128 valence electrons. The van der Waals surface area contributed by atoms with Gasteiger partial charge in [-0.15, -0.1) is 0 Å². The van der Waals surface area contributed by atoms with Gasteiger partial charge < -0.3 is 19.5 Å². The summed E-state index contributed by atoms with van der Waals surface area (Å²) in [6.07, 6.45) is 1.14. The van der Waals surface area contributed by atoms with Crippen LogP contribution in [0.4, 0.5) is 5.69 Å². The van der Waals surface area contributed by atoms with Crippen molar-refractivity contribution in [2.75, 3.05) is 11.9 Å². The third-order valence-corrected chi connectivity index (χ3v) is 3.46. The summed E-state index contributed by atoms with van der Waals surface area (Å²) in [5, 5.41) is 2.75. The Bertz CT molecular complexity index is 703. The van der Waals surface area contributed by atoms with Crippen LogP contribution in [0.5, 0.6) is 0 Å². The molecular weight excluding hydrogens is 382 g/mol. The van der Waals surface area contributed by atoms with Crippen LogP contribution in [-0.4, -0.2) is 30.3 Å². The highest BCUT2D eigenvalue weighted by Crippen LogP contribution is 2.25. The summed E-state index contributed by atoms with van der Waals surface area (Å²) in [5.74, 6) is -3.45. The molecule has 1 N–H and O–H groups in total. The lowest BCUT2D eigenvalue weighted by molar-refractivity contribution is -0.222. The number of nitrogens with one attached hydrogen (secondary N) is 1. The minimum atomic E-state index is -1.31. The van der Waals surface area contributed by atoms with Crippen LogP contribution in [-0.2, 0) is 23.8 Å². The van der Waals surface area contributed by atoms with Crippen LogP contribution < -0.4 is 5.32 Å². The van der Waals surface area contributed by atoms with Gasteiger partial charge in [0.05, 0.1) is 17.9 Å². The molecular formula is C16H16BrNO6. The highest BCUT2D eigenvalue weighted by Gasteiger charge is 2.39. The Balaban J connectivity index is 2.27. The molecule has 0 atom stereocenters. The molecule has 1 aromatic carbocycles. The number of rotatable bonds is 4. The Morgan fingerprint density at radius 2 is 1.92 bits per heavy atom. The number of benzene rings is 1. The maximum absolute atomic E-state index is 12.0. The van der Waals surface area contributed by atoms with Crippen LogP contribution in [0, 0.1) is 0 Å². The third-order valence-electron chi connectivity index (χ3n) is 2.97. The average Bonchev–Trinajstić information content (AvgIpc) is 2.46. The van der Waals surface area contributed by atoms with Gasteiger partial charge in [-0.25, -0.2) is 14.4 Å². The number of hydrogen-bond acceptors (Lipinski definition) is 7. The first-order valence-corrected chi connectivity index (χ1v) is 7.93. The fourth-order valence-electron chi connectivity index (χ4n) is 1.95. The van der Waals surface area contributed by atoms with Gasteiger partial charge in [0.25, 0.3) is 5.79 Å². The largest absolute Gasteiger partial charge is 0.462 e. The van der Waals surface area contributed by atoms with Crippen molar-refractivity contribution in [3.63, 3.8) is 0 Å².